The Morgan fingerprint density at radius 1 is 1.10 bits per heavy atom. The maximum absolute atomic E-state index is 12.6. The number of benzene rings is 2. The lowest BCUT2D eigenvalue weighted by molar-refractivity contribution is -0.0512. The quantitative estimate of drug-likeness (QED) is 0.454. The van der Waals surface area contributed by atoms with Crippen molar-refractivity contribution >= 4 is 12.2 Å². The van der Waals surface area contributed by atoms with Crippen molar-refractivity contribution in [1.29, 1.82) is 0 Å². The predicted octanol–water partition coefficient (Wildman–Crippen LogP) is 4.58. The first-order chi connectivity index (χ1) is 14.4. The van der Waals surface area contributed by atoms with Crippen LogP contribution in [-0.2, 0) is 13.2 Å². The summed E-state index contributed by atoms with van der Waals surface area (Å²) in [5.74, 6) is 1.35. The third kappa shape index (κ3) is 5.33. The third-order valence-corrected chi connectivity index (χ3v) is 4.51. The Morgan fingerprint density at radius 2 is 1.83 bits per heavy atom. The normalized spacial score (nSPS) is 11.2. The lowest BCUT2D eigenvalue weighted by Crippen LogP contribution is -2.22. The van der Waals surface area contributed by atoms with Crippen LogP contribution in [0, 0.1) is 4.84 Å². The van der Waals surface area contributed by atoms with Crippen molar-refractivity contribution in [2.24, 2.45) is 0 Å². The van der Waals surface area contributed by atoms with Gasteiger partial charge in [0, 0.05) is 12.1 Å². The van der Waals surface area contributed by atoms with Gasteiger partial charge < -0.3 is 18.6 Å². The summed E-state index contributed by atoms with van der Waals surface area (Å²) >= 11 is 5.27. The van der Waals surface area contributed by atoms with Crippen LogP contribution < -0.4 is 14.2 Å². The van der Waals surface area contributed by atoms with Crippen LogP contribution in [0.3, 0.4) is 0 Å². The van der Waals surface area contributed by atoms with Crippen LogP contribution in [0.5, 0.6) is 17.2 Å². The highest BCUT2D eigenvalue weighted by Crippen LogP contribution is 2.30. The fourth-order valence-corrected chi connectivity index (χ4v) is 3.02. The van der Waals surface area contributed by atoms with Crippen molar-refractivity contribution in [3.63, 3.8) is 0 Å². The molecule has 0 fully saturated rings. The highest BCUT2D eigenvalue weighted by Gasteiger charge is 2.14. The van der Waals surface area contributed by atoms with Crippen molar-refractivity contribution in [3.05, 3.63) is 52.9 Å². The Labute approximate surface area is 177 Å². The number of rotatable bonds is 9. The molecule has 0 unspecified atom stereocenters. The Hall–Kier alpha value is -2.98. The zero-order chi connectivity index (χ0) is 21.7. The molecule has 30 heavy (non-hydrogen) atoms. The molecule has 10 heteroatoms. The van der Waals surface area contributed by atoms with E-state index in [-0.39, 0.29) is 16.3 Å². The molecule has 0 aliphatic carbocycles. The molecule has 3 aromatic rings. The smallest absolute Gasteiger partial charge is 0.387 e. The Balaban J connectivity index is 1.71. The molecule has 0 atom stereocenters. The minimum absolute atomic E-state index is 0.0155. The summed E-state index contributed by atoms with van der Waals surface area (Å²) in [6, 6.07) is 12.2. The van der Waals surface area contributed by atoms with Crippen LogP contribution in [0.1, 0.15) is 5.56 Å². The molecule has 0 saturated heterocycles. The Kier molecular flexibility index (Phi) is 7.01. The standard InChI is InChI=1S/C20H21F2N3O4S/c1-24(11-13-4-9-16(27-3)17(10-13)28-19(21)22)12-25-20(30)29-18(23-25)14-5-7-15(26-2)8-6-14/h4-10,19H,11-12H2,1-3H3. The van der Waals surface area contributed by atoms with Gasteiger partial charge in [0.1, 0.15) is 5.75 Å². The third-order valence-electron chi connectivity index (χ3n) is 4.22. The second kappa shape index (κ2) is 9.68. The van der Waals surface area contributed by atoms with Crippen LogP contribution >= 0.6 is 12.2 Å². The lowest BCUT2D eigenvalue weighted by atomic mass is 10.2. The van der Waals surface area contributed by atoms with Gasteiger partial charge in [-0.2, -0.15) is 8.78 Å². The van der Waals surface area contributed by atoms with Crippen molar-refractivity contribution in [2.45, 2.75) is 19.8 Å². The first-order valence-electron chi connectivity index (χ1n) is 8.92. The molecule has 0 radical (unpaired) electrons. The first-order valence-corrected chi connectivity index (χ1v) is 9.33. The number of nitrogens with zero attached hydrogens (tertiary/aromatic N) is 3. The average molecular weight is 437 g/mol. The second-order valence-corrected chi connectivity index (χ2v) is 6.77. The molecule has 0 bridgehead atoms. The minimum Gasteiger partial charge on any atom is -0.497 e. The number of ether oxygens (including phenoxy) is 3. The molecule has 3 rings (SSSR count). The zero-order valence-electron chi connectivity index (χ0n) is 16.7. The van der Waals surface area contributed by atoms with E-state index in [1.54, 1.807) is 23.9 Å². The van der Waals surface area contributed by atoms with Crippen molar-refractivity contribution in [3.8, 4) is 28.7 Å². The number of hydrogen-bond acceptors (Lipinski definition) is 7. The SMILES string of the molecule is COc1ccc(-c2nn(CN(C)Cc3ccc(OC)c(OC(F)F)c3)c(=S)o2)cc1. The van der Waals surface area contributed by atoms with E-state index >= 15 is 0 Å². The highest BCUT2D eigenvalue weighted by molar-refractivity contribution is 7.71. The van der Waals surface area contributed by atoms with Crippen LogP contribution in [0.25, 0.3) is 11.5 Å². The molecule has 0 saturated carbocycles. The van der Waals surface area contributed by atoms with E-state index in [2.05, 4.69) is 9.84 Å². The van der Waals surface area contributed by atoms with Crippen LogP contribution in [0.2, 0.25) is 0 Å². The number of methoxy groups -OCH3 is 2. The number of aromatic nitrogens is 2. The molecular formula is C20H21F2N3O4S. The van der Waals surface area contributed by atoms with Crippen molar-refractivity contribution in [2.75, 3.05) is 21.3 Å². The molecule has 7 nitrogen and oxygen atoms in total. The van der Waals surface area contributed by atoms with E-state index in [0.717, 1.165) is 16.9 Å². The largest absolute Gasteiger partial charge is 0.497 e. The summed E-state index contributed by atoms with van der Waals surface area (Å²) in [7, 11) is 4.84. The number of alkyl halides is 2. The monoisotopic (exact) mass is 437 g/mol. The van der Waals surface area contributed by atoms with Gasteiger partial charge in [0.25, 0.3) is 4.84 Å². The summed E-state index contributed by atoms with van der Waals surface area (Å²) in [5, 5.41) is 4.42. The fourth-order valence-electron chi connectivity index (χ4n) is 2.84. The predicted molar refractivity (Wildman–Crippen MR) is 108 cm³/mol. The van der Waals surface area contributed by atoms with Crippen LogP contribution in [-0.4, -0.2) is 42.6 Å². The van der Waals surface area contributed by atoms with Gasteiger partial charge in [-0.1, -0.05) is 6.07 Å². The molecule has 0 aliphatic rings. The number of halogens is 2. The number of hydrogen-bond donors (Lipinski definition) is 0. The van der Waals surface area contributed by atoms with Crippen LogP contribution in [0.4, 0.5) is 8.78 Å². The Morgan fingerprint density at radius 3 is 2.47 bits per heavy atom. The molecule has 2 aromatic carbocycles. The van der Waals surface area contributed by atoms with E-state index < -0.39 is 6.61 Å². The second-order valence-electron chi connectivity index (χ2n) is 6.42. The van der Waals surface area contributed by atoms with Crippen LogP contribution in [0.15, 0.2) is 46.9 Å². The van der Waals surface area contributed by atoms with E-state index in [9.17, 15) is 8.78 Å². The molecule has 1 aromatic heterocycles. The maximum atomic E-state index is 12.6. The van der Waals surface area contributed by atoms with Crippen molar-refractivity contribution < 1.29 is 27.4 Å². The van der Waals surface area contributed by atoms with Gasteiger partial charge in [0.2, 0.25) is 5.89 Å². The summed E-state index contributed by atoms with van der Waals surface area (Å²) in [5.41, 5.74) is 1.53. The summed E-state index contributed by atoms with van der Waals surface area (Å²) in [4.78, 5) is 2.13. The maximum Gasteiger partial charge on any atom is 0.387 e. The molecule has 0 N–H and O–H groups in total. The van der Waals surface area contributed by atoms with E-state index in [1.165, 1.54) is 13.2 Å². The molecule has 0 aliphatic heterocycles. The highest BCUT2D eigenvalue weighted by atomic mass is 32.1. The summed E-state index contributed by atoms with van der Waals surface area (Å²) in [6.07, 6.45) is 0. The van der Waals surface area contributed by atoms with Crippen molar-refractivity contribution in [1.82, 2.24) is 14.7 Å². The molecule has 160 valence electrons. The lowest BCUT2D eigenvalue weighted by Gasteiger charge is -2.17. The summed E-state index contributed by atoms with van der Waals surface area (Å²) in [6.45, 7) is -2.15. The Bertz CT molecular complexity index is 1040. The molecular weight excluding hydrogens is 416 g/mol. The average Bonchev–Trinajstić information content (AvgIpc) is 3.08. The minimum atomic E-state index is -2.93. The van der Waals surface area contributed by atoms with Gasteiger partial charge in [-0.3, -0.25) is 4.90 Å². The fraction of sp³-hybridized carbons (Fsp3) is 0.300. The topological polar surface area (TPSA) is 61.9 Å². The van der Waals surface area contributed by atoms with Gasteiger partial charge in [-0.25, -0.2) is 4.68 Å². The zero-order valence-corrected chi connectivity index (χ0v) is 17.5. The first kappa shape index (κ1) is 21.7. The van der Waals surface area contributed by atoms with E-state index in [1.807, 2.05) is 36.2 Å². The van der Waals surface area contributed by atoms with Gasteiger partial charge in [0.15, 0.2) is 11.5 Å². The van der Waals surface area contributed by atoms with E-state index in [0.29, 0.717) is 19.1 Å². The molecule has 1 heterocycles. The van der Waals surface area contributed by atoms with Gasteiger partial charge >= 0.3 is 6.61 Å². The van der Waals surface area contributed by atoms with Gasteiger partial charge in [-0.05, 0) is 61.2 Å². The van der Waals surface area contributed by atoms with Gasteiger partial charge in [0.05, 0.1) is 20.9 Å². The van der Waals surface area contributed by atoms with Gasteiger partial charge in [-0.15, -0.1) is 5.10 Å². The summed E-state index contributed by atoms with van der Waals surface area (Å²) < 4.78 is 47.1. The molecule has 0 spiro atoms. The molecule has 0 amide bonds. The van der Waals surface area contributed by atoms with E-state index in [4.69, 9.17) is 26.1 Å².